The van der Waals surface area contributed by atoms with Gasteiger partial charge in [-0.05, 0) is 40.5 Å². The molecule has 92 valence electrons. The molecule has 0 aromatic heterocycles. The number of nitrogens with zero attached hydrogens (tertiary/aromatic N) is 1. The average molecular weight is 319 g/mol. The van der Waals surface area contributed by atoms with Crippen LogP contribution >= 0.6 is 27.5 Å². The van der Waals surface area contributed by atoms with E-state index in [0.717, 1.165) is 10.0 Å². The number of aliphatic hydroxyl groups excluding tert-OH is 1. The Morgan fingerprint density at radius 1 is 1.59 bits per heavy atom. The van der Waals surface area contributed by atoms with Crippen molar-refractivity contribution in [3.05, 3.63) is 27.2 Å². The summed E-state index contributed by atoms with van der Waals surface area (Å²) in [6, 6.07) is 3.77. The third kappa shape index (κ3) is 2.49. The van der Waals surface area contributed by atoms with Crippen LogP contribution in [0.4, 0.5) is 5.69 Å². The molecule has 17 heavy (non-hydrogen) atoms. The third-order valence-electron chi connectivity index (χ3n) is 2.89. The van der Waals surface area contributed by atoms with Crippen molar-refractivity contribution < 1.29 is 9.90 Å². The van der Waals surface area contributed by atoms with Crippen LogP contribution in [-0.2, 0) is 4.79 Å². The van der Waals surface area contributed by atoms with Crippen molar-refractivity contribution in [2.75, 3.05) is 18.1 Å². The van der Waals surface area contributed by atoms with Gasteiger partial charge in [0.1, 0.15) is 0 Å². The number of benzene rings is 1. The number of hydrogen-bond acceptors (Lipinski definition) is 2. The van der Waals surface area contributed by atoms with Crippen molar-refractivity contribution in [2.24, 2.45) is 5.92 Å². The first kappa shape index (κ1) is 12.9. The van der Waals surface area contributed by atoms with Crippen molar-refractivity contribution >= 4 is 39.1 Å². The molecule has 0 radical (unpaired) electrons. The number of amides is 1. The molecule has 1 aliphatic rings. The minimum Gasteiger partial charge on any atom is -0.396 e. The first-order valence-corrected chi connectivity index (χ1v) is 6.57. The molecule has 1 N–H and O–H groups in total. The van der Waals surface area contributed by atoms with Gasteiger partial charge in [0.25, 0.3) is 0 Å². The number of aliphatic hydroxyl groups is 1. The summed E-state index contributed by atoms with van der Waals surface area (Å²) in [5, 5.41) is 9.67. The van der Waals surface area contributed by atoms with Crippen molar-refractivity contribution in [1.82, 2.24) is 0 Å². The van der Waals surface area contributed by atoms with Crippen LogP contribution in [0.1, 0.15) is 12.0 Å². The Balaban J connectivity index is 2.38. The standard InChI is InChI=1S/C12H13BrClNO2/c1-7-2-9(13)12(10(14)3-7)15-5-8(6-16)4-11(15)17/h2-3,8,16H,4-6H2,1H3. The molecular weight excluding hydrogens is 305 g/mol. The fourth-order valence-corrected chi connectivity index (χ4v) is 3.35. The van der Waals surface area contributed by atoms with Crippen molar-refractivity contribution in [3.8, 4) is 0 Å². The lowest BCUT2D eigenvalue weighted by molar-refractivity contribution is -0.117. The maximum absolute atomic E-state index is 11.9. The number of halogens is 2. The summed E-state index contributed by atoms with van der Waals surface area (Å²) >= 11 is 9.62. The highest BCUT2D eigenvalue weighted by Crippen LogP contribution is 2.38. The molecule has 1 heterocycles. The van der Waals surface area contributed by atoms with E-state index in [0.29, 0.717) is 23.7 Å². The monoisotopic (exact) mass is 317 g/mol. The van der Waals surface area contributed by atoms with Crippen LogP contribution in [0.2, 0.25) is 5.02 Å². The van der Waals surface area contributed by atoms with Gasteiger partial charge in [-0.2, -0.15) is 0 Å². The van der Waals surface area contributed by atoms with Crippen LogP contribution in [0.15, 0.2) is 16.6 Å². The second kappa shape index (κ2) is 4.96. The van der Waals surface area contributed by atoms with E-state index in [2.05, 4.69) is 15.9 Å². The minimum absolute atomic E-state index is 0.00627. The summed E-state index contributed by atoms with van der Waals surface area (Å²) in [6.07, 6.45) is 0.382. The maximum atomic E-state index is 11.9. The first-order chi connectivity index (χ1) is 8.02. The Labute approximate surface area is 114 Å². The van der Waals surface area contributed by atoms with Crippen LogP contribution in [0.3, 0.4) is 0 Å². The Kier molecular flexibility index (Phi) is 3.76. The van der Waals surface area contributed by atoms with Gasteiger partial charge in [0.2, 0.25) is 5.91 Å². The van der Waals surface area contributed by atoms with Crippen molar-refractivity contribution in [1.29, 1.82) is 0 Å². The summed E-state index contributed by atoms with van der Waals surface area (Å²) in [6.45, 7) is 2.50. The van der Waals surface area contributed by atoms with E-state index in [1.165, 1.54) is 0 Å². The zero-order valence-corrected chi connectivity index (χ0v) is 11.8. The highest BCUT2D eigenvalue weighted by Gasteiger charge is 2.32. The molecule has 1 aromatic carbocycles. The minimum atomic E-state index is 0.00627. The molecular formula is C12H13BrClNO2. The van der Waals surface area contributed by atoms with Crippen LogP contribution < -0.4 is 4.90 Å². The normalized spacial score (nSPS) is 20.1. The highest BCUT2D eigenvalue weighted by molar-refractivity contribution is 9.10. The van der Waals surface area contributed by atoms with Gasteiger partial charge in [-0.1, -0.05) is 11.6 Å². The Hall–Kier alpha value is -0.580. The zero-order chi connectivity index (χ0) is 12.6. The van der Waals surface area contributed by atoms with E-state index in [1.54, 1.807) is 4.90 Å². The number of anilines is 1. The van der Waals surface area contributed by atoms with Crippen LogP contribution in [0, 0.1) is 12.8 Å². The first-order valence-electron chi connectivity index (χ1n) is 5.39. The van der Waals surface area contributed by atoms with Gasteiger partial charge >= 0.3 is 0 Å². The maximum Gasteiger partial charge on any atom is 0.227 e. The molecule has 1 fully saturated rings. The molecule has 1 aliphatic heterocycles. The van der Waals surface area contributed by atoms with Gasteiger partial charge in [0.15, 0.2) is 0 Å². The quantitative estimate of drug-likeness (QED) is 0.911. The number of hydrogen-bond donors (Lipinski definition) is 1. The summed E-state index contributed by atoms with van der Waals surface area (Å²) in [5.41, 5.74) is 1.74. The van der Waals surface area contributed by atoms with E-state index in [1.807, 2.05) is 19.1 Å². The smallest absolute Gasteiger partial charge is 0.227 e. The summed E-state index contributed by atoms with van der Waals surface area (Å²) < 4.78 is 0.814. The summed E-state index contributed by atoms with van der Waals surface area (Å²) in [5.74, 6) is 0.0160. The predicted molar refractivity (Wildman–Crippen MR) is 71.4 cm³/mol. The van der Waals surface area contributed by atoms with Gasteiger partial charge in [0.05, 0.1) is 10.7 Å². The molecule has 5 heteroatoms. The van der Waals surface area contributed by atoms with Gasteiger partial charge < -0.3 is 10.0 Å². The predicted octanol–water partition coefficient (Wildman–Crippen LogP) is 2.76. The molecule has 0 saturated carbocycles. The fourth-order valence-electron chi connectivity index (χ4n) is 2.07. The SMILES string of the molecule is Cc1cc(Cl)c(N2CC(CO)CC2=O)c(Br)c1. The summed E-state index contributed by atoms with van der Waals surface area (Å²) in [4.78, 5) is 13.5. The lowest BCUT2D eigenvalue weighted by Gasteiger charge is -2.20. The molecule has 3 nitrogen and oxygen atoms in total. The molecule has 1 amide bonds. The second-order valence-electron chi connectivity index (χ2n) is 4.33. The molecule has 0 spiro atoms. The Morgan fingerprint density at radius 2 is 2.29 bits per heavy atom. The van der Waals surface area contributed by atoms with Gasteiger partial charge in [-0.25, -0.2) is 0 Å². The van der Waals surface area contributed by atoms with E-state index < -0.39 is 0 Å². The Morgan fingerprint density at radius 3 is 2.82 bits per heavy atom. The molecule has 1 saturated heterocycles. The third-order valence-corrected chi connectivity index (χ3v) is 3.79. The van der Waals surface area contributed by atoms with Crippen LogP contribution in [0.25, 0.3) is 0 Å². The lowest BCUT2D eigenvalue weighted by atomic mass is 10.1. The van der Waals surface area contributed by atoms with Crippen LogP contribution in [-0.4, -0.2) is 24.2 Å². The molecule has 2 rings (SSSR count). The fraction of sp³-hybridized carbons (Fsp3) is 0.417. The largest absolute Gasteiger partial charge is 0.396 e. The van der Waals surface area contributed by atoms with Gasteiger partial charge in [-0.3, -0.25) is 4.79 Å². The van der Waals surface area contributed by atoms with E-state index in [-0.39, 0.29) is 18.4 Å². The molecule has 0 aliphatic carbocycles. The van der Waals surface area contributed by atoms with Gasteiger partial charge in [-0.15, -0.1) is 0 Å². The second-order valence-corrected chi connectivity index (χ2v) is 5.60. The Bertz CT molecular complexity index is 441. The van der Waals surface area contributed by atoms with E-state index in [4.69, 9.17) is 16.7 Å². The van der Waals surface area contributed by atoms with E-state index >= 15 is 0 Å². The number of rotatable bonds is 2. The molecule has 0 bridgehead atoms. The molecule has 1 unspecified atom stereocenters. The number of carbonyl (C=O) groups excluding carboxylic acids is 1. The van der Waals surface area contributed by atoms with E-state index in [9.17, 15) is 4.79 Å². The average Bonchev–Trinajstić information content (AvgIpc) is 2.59. The topological polar surface area (TPSA) is 40.5 Å². The molecule has 1 atom stereocenters. The van der Waals surface area contributed by atoms with Crippen LogP contribution in [0.5, 0.6) is 0 Å². The summed E-state index contributed by atoms with van der Waals surface area (Å²) in [7, 11) is 0. The van der Waals surface area contributed by atoms with Crippen molar-refractivity contribution in [3.63, 3.8) is 0 Å². The van der Waals surface area contributed by atoms with Gasteiger partial charge in [0, 0.05) is 30.0 Å². The number of carbonyl (C=O) groups is 1. The highest BCUT2D eigenvalue weighted by atomic mass is 79.9. The lowest BCUT2D eigenvalue weighted by Crippen LogP contribution is -2.25. The van der Waals surface area contributed by atoms with Crippen molar-refractivity contribution in [2.45, 2.75) is 13.3 Å². The number of aryl methyl sites for hydroxylation is 1. The zero-order valence-electron chi connectivity index (χ0n) is 9.41. The molecule has 1 aromatic rings.